The Balaban J connectivity index is 0.00000583. The summed E-state index contributed by atoms with van der Waals surface area (Å²) in [5, 5.41) is 10.2. The molecule has 2 N–H and O–H groups in total. The number of ether oxygens (including phenoxy) is 2. The van der Waals surface area contributed by atoms with E-state index in [1.807, 2.05) is 24.3 Å². The zero-order valence-electron chi connectivity index (χ0n) is 29.1. The van der Waals surface area contributed by atoms with Crippen LogP contribution in [0.15, 0.2) is 140 Å². The molecular formula is C43H48N2O5P+. The van der Waals surface area contributed by atoms with Crippen LogP contribution >= 0.6 is 7.26 Å². The smallest absolute Gasteiger partial charge is 0.408 e. The van der Waals surface area contributed by atoms with Gasteiger partial charge in [0.15, 0.2) is 0 Å². The predicted octanol–water partition coefficient (Wildman–Crippen LogP) is 7.07. The molecule has 5 aromatic carbocycles. The number of carbonyl (C=O) groups is 3. The lowest BCUT2D eigenvalue weighted by Gasteiger charge is -2.27. The molecular weight excluding hydrogens is 655 g/mol. The lowest BCUT2D eigenvalue weighted by molar-refractivity contribution is -0.148. The Bertz CT molecular complexity index is 1780. The highest BCUT2D eigenvalue weighted by molar-refractivity contribution is 8.01. The van der Waals surface area contributed by atoms with Crippen LogP contribution in [0.4, 0.5) is 4.79 Å². The van der Waals surface area contributed by atoms with Gasteiger partial charge < -0.3 is 20.1 Å². The summed E-state index contributed by atoms with van der Waals surface area (Å²) in [5.74, 6) is -1.10. The lowest BCUT2D eigenvalue weighted by Crippen LogP contribution is -2.50. The molecule has 0 aliphatic carbocycles. The van der Waals surface area contributed by atoms with Crippen molar-refractivity contribution in [3.05, 3.63) is 145 Å². The van der Waals surface area contributed by atoms with Gasteiger partial charge in [-0.3, -0.25) is 4.79 Å². The second-order valence-electron chi connectivity index (χ2n) is 13.1. The van der Waals surface area contributed by atoms with Gasteiger partial charge in [0.1, 0.15) is 52.8 Å². The molecule has 5 aromatic rings. The van der Waals surface area contributed by atoms with Gasteiger partial charge in [0, 0.05) is 0 Å². The number of amides is 2. The number of nitrogens with one attached hydrogen (secondary N) is 2. The van der Waals surface area contributed by atoms with E-state index in [9.17, 15) is 14.4 Å². The predicted molar refractivity (Wildman–Crippen MR) is 210 cm³/mol. The molecule has 0 saturated carbocycles. The average Bonchev–Trinajstić information content (AvgIpc) is 3.12. The van der Waals surface area contributed by atoms with Crippen LogP contribution in [0.5, 0.6) is 0 Å². The Morgan fingerprint density at radius 3 is 1.43 bits per heavy atom. The SMILES string of the molecule is C.CC(NC(=O)OC(C)(C)C)C(=O)NC(C)C(=O)OCc1ccc(-c2ccc([P+](c3ccccc3)(c3ccccc3)c3ccccc3)cc2)cc1. The minimum absolute atomic E-state index is 0. The summed E-state index contributed by atoms with van der Waals surface area (Å²) in [6.07, 6.45) is -0.712. The Kier molecular flexibility index (Phi) is 12.9. The molecule has 5 rings (SSSR count). The summed E-state index contributed by atoms with van der Waals surface area (Å²) in [7, 11) is -2.18. The molecule has 2 amide bonds. The Hall–Kier alpha value is -5.26. The number of alkyl carbamates (subject to hydrolysis) is 1. The monoisotopic (exact) mass is 703 g/mol. The molecule has 0 radical (unpaired) electrons. The fourth-order valence-electron chi connectivity index (χ4n) is 5.75. The van der Waals surface area contributed by atoms with E-state index in [2.05, 4.69) is 126 Å². The number of hydrogen-bond acceptors (Lipinski definition) is 5. The summed E-state index contributed by atoms with van der Waals surface area (Å²) in [6, 6.07) is 47.3. The summed E-state index contributed by atoms with van der Waals surface area (Å²) >= 11 is 0. The van der Waals surface area contributed by atoms with Crippen LogP contribution in [0.25, 0.3) is 11.1 Å². The molecule has 0 bridgehead atoms. The van der Waals surface area contributed by atoms with Crippen molar-refractivity contribution in [1.29, 1.82) is 0 Å². The fourth-order valence-corrected chi connectivity index (χ4v) is 9.99. The van der Waals surface area contributed by atoms with Gasteiger partial charge in [-0.1, -0.05) is 98.4 Å². The van der Waals surface area contributed by atoms with Crippen molar-refractivity contribution in [1.82, 2.24) is 10.6 Å². The number of benzene rings is 5. The van der Waals surface area contributed by atoms with Crippen molar-refractivity contribution < 1.29 is 23.9 Å². The van der Waals surface area contributed by atoms with Crippen LogP contribution in [0.2, 0.25) is 0 Å². The quantitative estimate of drug-likeness (QED) is 0.113. The largest absolute Gasteiger partial charge is 0.459 e. The first-order valence-corrected chi connectivity index (χ1v) is 18.5. The molecule has 2 unspecified atom stereocenters. The van der Waals surface area contributed by atoms with Crippen LogP contribution in [0.1, 0.15) is 47.6 Å². The molecule has 7 nitrogen and oxygen atoms in total. The van der Waals surface area contributed by atoms with E-state index in [-0.39, 0.29) is 14.0 Å². The van der Waals surface area contributed by atoms with Gasteiger partial charge in [0.25, 0.3) is 0 Å². The van der Waals surface area contributed by atoms with Crippen LogP contribution in [-0.2, 0) is 25.7 Å². The first kappa shape index (κ1) is 38.5. The molecule has 0 heterocycles. The van der Waals surface area contributed by atoms with Gasteiger partial charge in [0.05, 0.1) is 0 Å². The van der Waals surface area contributed by atoms with Crippen molar-refractivity contribution in [2.75, 3.05) is 0 Å². The Morgan fingerprint density at radius 1 is 0.588 bits per heavy atom. The highest BCUT2D eigenvalue weighted by Crippen LogP contribution is 2.54. The zero-order chi connectivity index (χ0) is 35.7. The maximum atomic E-state index is 12.6. The first-order chi connectivity index (χ1) is 24.0. The minimum Gasteiger partial charge on any atom is -0.459 e. The average molecular weight is 704 g/mol. The lowest BCUT2D eigenvalue weighted by atomic mass is 10.0. The Morgan fingerprint density at radius 2 is 1.00 bits per heavy atom. The second kappa shape index (κ2) is 17.1. The van der Waals surface area contributed by atoms with Gasteiger partial charge in [-0.2, -0.15) is 0 Å². The van der Waals surface area contributed by atoms with E-state index in [1.165, 1.54) is 35.1 Å². The number of esters is 1. The maximum absolute atomic E-state index is 12.6. The summed E-state index contributed by atoms with van der Waals surface area (Å²) in [6.45, 7) is 8.31. The van der Waals surface area contributed by atoms with E-state index < -0.39 is 42.9 Å². The molecule has 0 aliphatic rings. The molecule has 0 aromatic heterocycles. The number of rotatable bonds is 11. The van der Waals surface area contributed by atoms with Crippen molar-refractivity contribution in [3.63, 3.8) is 0 Å². The third-order valence-electron chi connectivity index (χ3n) is 8.19. The second-order valence-corrected chi connectivity index (χ2v) is 16.5. The molecule has 8 heteroatoms. The molecule has 51 heavy (non-hydrogen) atoms. The van der Waals surface area contributed by atoms with Crippen LogP contribution in [0, 0.1) is 0 Å². The van der Waals surface area contributed by atoms with Crippen LogP contribution < -0.4 is 31.9 Å². The van der Waals surface area contributed by atoms with E-state index in [1.54, 1.807) is 20.8 Å². The normalized spacial score (nSPS) is 12.4. The molecule has 264 valence electrons. The van der Waals surface area contributed by atoms with Gasteiger partial charge in [-0.05, 0) is 99.8 Å². The van der Waals surface area contributed by atoms with Crippen molar-refractivity contribution in [2.24, 2.45) is 0 Å². The van der Waals surface area contributed by atoms with E-state index in [0.717, 1.165) is 16.7 Å². The van der Waals surface area contributed by atoms with E-state index >= 15 is 0 Å². The van der Waals surface area contributed by atoms with Gasteiger partial charge >= 0.3 is 12.1 Å². The standard InChI is InChI=1S/C42H43N2O5P.CH4/c1-30(44-41(47)49-42(3,4)5)39(45)43-31(2)40(46)48-29-32-21-23-33(24-22-32)34-25-27-38(28-26-34)50(35-15-9-6-10-16-35,36-17-11-7-12-18-36)37-19-13-8-14-20-37;/h6-28,30-31H,29H2,1-5H3,(H-,43,44,45,47);1H4/p+1. The Labute approximate surface area is 302 Å². The molecule has 2 atom stereocenters. The number of carbonyl (C=O) groups excluding carboxylic acids is 3. The summed E-state index contributed by atoms with van der Waals surface area (Å²) in [5.41, 5.74) is 2.25. The topological polar surface area (TPSA) is 93.7 Å². The van der Waals surface area contributed by atoms with E-state index in [4.69, 9.17) is 9.47 Å². The highest BCUT2D eigenvalue weighted by Gasteiger charge is 2.47. The van der Waals surface area contributed by atoms with Gasteiger partial charge in [-0.15, -0.1) is 0 Å². The minimum atomic E-state index is -2.18. The summed E-state index contributed by atoms with van der Waals surface area (Å²) < 4.78 is 10.7. The van der Waals surface area contributed by atoms with E-state index in [0.29, 0.717) is 0 Å². The van der Waals surface area contributed by atoms with Gasteiger partial charge in [0.2, 0.25) is 5.91 Å². The van der Waals surface area contributed by atoms with Crippen LogP contribution in [-0.4, -0.2) is 35.7 Å². The summed E-state index contributed by atoms with van der Waals surface area (Å²) in [4.78, 5) is 37.1. The van der Waals surface area contributed by atoms with Crippen molar-refractivity contribution in [3.8, 4) is 11.1 Å². The maximum Gasteiger partial charge on any atom is 0.408 e. The third kappa shape index (κ3) is 9.50. The third-order valence-corrected chi connectivity index (χ3v) is 12.5. The van der Waals surface area contributed by atoms with Crippen molar-refractivity contribution >= 4 is 46.5 Å². The fraction of sp³-hybridized carbons (Fsp3) is 0.233. The zero-order valence-corrected chi connectivity index (χ0v) is 30.0. The van der Waals surface area contributed by atoms with Gasteiger partial charge in [-0.25, -0.2) is 9.59 Å². The highest BCUT2D eigenvalue weighted by atomic mass is 31.2. The molecule has 0 spiro atoms. The molecule has 0 fully saturated rings. The molecule has 0 saturated heterocycles. The van der Waals surface area contributed by atoms with Crippen molar-refractivity contribution in [2.45, 2.75) is 66.3 Å². The molecule has 0 aliphatic heterocycles. The number of hydrogen-bond donors (Lipinski definition) is 2. The first-order valence-electron chi connectivity index (χ1n) is 16.7. The van der Waals surface area contributed by atoms with Crippen LogP contribution in [0.3, 0.4) is 0 Å².